The highest BCUT2D eigenvalue weighted by atomic mass is 16.1. The van der Waals surface area contributed by atoms with Gasteiger partial charge in [0.05, 0.1) is 5.69 Å². The molecule has 0 saturated heterocycles. The molecule has 78 valence electrons. The van der Waals surface area contributed by atoms with Gasteiger partial charge in [-0.05, 0) is 19.8 Å². The Bertz CT molecular complexity index is 592. The zero-order valence-electron chi connectivity index (χ0n) is 8.32. The highest BCUT2D eigenvalue weighted by Crippen LogP contribution is 2.39. The molecule has 1 aliphatic rings. The minimum atomic E-state index is -0.250. The van der Waals surface area contributed by atoms with E-state index in [1.165, 1.54) is 4.40 Å². The molecule has 2 aromatic heterocycles. The summed E-state index contributed by atoms with van der Waals surface area (Å²) in [7, 11) is 0. The molecule has 0 radical (unpaired) electrons. The molecule has 6 heteroatoms. The number of imidazole rings is 1. The monoisotopic (exact) mass is 205 g/mol. The Labute approximate surface area is 85.2 Å². The van der Waals surface area contributed by atoms with Gasteiger partial charge in [-0.15, -0.1) is 0 Å². The number of anilines is 1. The Morgan fingerprint density at radius 3 is 2.87 bits per heavy atom. The second-order valence-corrected chi connectivity index (χ2v) is 3.92. The predicted molar refractivity (Wildman–Crippen MR) is 54.7 cm³/mol. The number of aromatic nitrogens is 4. The summed E-state index contributed by atoms with van der Waals surface area (Å²) in [5.74, 6) is 1.37. The van der Waals surface area contributed by atoms with Gasteiger partial charge < -0.3 is 5.73 Å². The summed E-state index contributed by atoms with van der Waals surface area (Å²) in [5.41, 5.74) is 6.56. The smallest absolute Gasteiger partial charge is 0.335 e. The van der Waals surface area contributed by atoms with E-state index in [1.807, 2.05) is 6.92 Å². The van der Waals surface area contributed by atoms with E-state index in [2.05, 4.69) is 15.0 Å². The van der Waals surface area contributed by atoms with Gasteiger partial charge in [0, 0.05) is 5.92 Å². The van der Waals surface area contributed by atoms with E-state index in [4.69, 9.17) is 5.73 Å². The summed E-state index contributed by atoms with van der Waals surface area (Å²) in [6.07, 6.45) is 2.20. The number of hydrogen-bond donors (Lipinski definition) is 2. The van der Waals surface area contributed by atoms with Gasteiger partial charge in [-0.2, -0.15) is 4.98 Å². The Hall–Kier alpha value is -1.85. The van der Waals surface area contributed by atoms with Crippen molar-refractivity contribution < 1.29 is 0 Å². The van der Waals surface area contributed by atoms with E-state index in [0.29, 0.717) is 11.6 Å². The number of H-pyrrole nitrogens is 1. The van der Waals surface area contributed by atoms with Crippen LogP contribution in [0.3, 0.4) is 0 Å². The van der Waals surface area contributed by atoms with Crippen molar-refractivity contribution in [3.05, 3.63) is 22.0 Å². The average molecular weight is 205 g/mol. The lowest BCUT2D eigenvalue weighted by atomic mass is 10.4. The van der Waals surface area contributed by atoms with Gasteiger partial charge in [0.2, 0.25) is 5.95 Å². The van der Waals surface area contributed by atoms with Crippen molar-refractivity contribution in [1.82, 2.24) is 19.4 Å². The summed E-state index contributed by atoms with van der Waals surface area (Å²) in [6.45, 7) is 1.84. The second-order valence-electron chi connectivity index (χ2n) is 3.92. The van der Waals surface area contributed by atoms with E-state index in [9.17, 15) is 4.79 Å². The number of nitrogen functional groups attached to an aromatic ring is 1. The molecule has 0 aromatic carbocycles. The van der Waals surface area contributed by atoms with E-state index < -0.39 is 0 Å². The summed E-state index contributed by atoms with van der Waals surface area (Å²) in [6, 6.07) is 0. The van der Waals surface area contributed by atoms with Crippen LogP contribution in [0.2, 0.25) is 0 Å². The molecular formula is C9H11N5O. The number of fused-ring (bicyclic) bond motifs is 1. The van der Waals surface area contributed by atoms with E-state index >= 15 is 0 Å². The van der Waals surface area contributed by atoms with Crippen molar-refractivity contribution in [3.8, 4) is 0 Å². The molecule has 1 fully saturated rings. The third-order valence-electron chi connectivity index (χ3n) is 2.65. The molecule has 6 nitrogen and oxygen atoms in total. The molecule has 2 heterocycles. The maximum Gasteiger partial charge on any atom is 0.335 e. The molecule has 3 rings (SSSR count). The predicted octanol–water partition coefficient (Wildman–Crippen LogP) is 0.186. The van der Waals surface area contributed by atoms with Crippen molar-refractivity contribution in [3.63, 3.8) is 0 Å². The van der Waals surface area contributed by atoms with Crippen molar-refractivity contribution in [2.75, 3.05) is 5.73 Å². The first-order valence-corrected chi connectivity index (χ1v) is 4.91. The normalized spacial score (nSPS) is 16.1. The Kier molecular flexibility index (Phi) is 1.46. The lowest BCUT2D eigenvalue weighted by Crippen LogP contribution is -2.20. The van der Waals surface area contributed by atoms with Gasteiger partial charge in [0.1, 0.15) is 5.82 Å². The highest BCUT2D eigenvalue weighted by molar-refractivity contribution is 5.47. The first-order valence-electron chi connectivity index (χ1n) is 4.91. The number of rotatable bonds is 1. The number of nitrogens with one attached hydrogen (secondary N) is 1. The van der Waals surface area contributed by atoms with Crippen LogP contribution in [-0.2, 0) is 0 Å². The minimum Gasteiger partial charge on any atom is -0.369 e. The van der Waals surface area contributed by atoms with Crippen molar-refractivity contribution in [1.29, 1.82) is 0 Å². The lowest BCUT2D eigenvalue weighted by molar-refractivity contribution is 0.855. The van der Waals surface area contributed by atoms with Crippen LogP contribution in [0.15, 0.2) is 4.79 Å². The minimum absolute atomic E-state index is 0.137. The molecule has 1 aliphatic carbocycles. The van der Waals surface area contributed by atoms with Crippen LogP contribution < -0.4 is 11.4 Å². The van der Waals surface area contributed by atoms with Crippen LogP contribution in [0, 0.1) is 6.92 Å². The van der Waals surface area contributed by atoms with Gasteiger partial charge >= 0.3 is 5.69 Å². The topological polar surface area (TPSA) is 89.1 Å². The van der Waals surface area contributed by atoms with Crippen LogP contribution in [0.25, 0.3) is 5.65 Å². The van der Waals surface area contributed by atoms with Crippen LogP contribution in [0.4, 0.5) is 5.95 Å². The largest absolute Gasteiger partial charge is 0.369 e. The first-order chi connectivity index (χ1) is 7.16. The Balaban J connectivity index is 2.44. The van der Waals surface area contributed by atoms with Crippen LogP contribution in [-0.4, -0.2) is 19.4 Å². The fourth-order valence-electron chi connectivity index (χ4n) is 1.80. The van der Waals surface area contributed by atoms with E-state index in [-0.39, 0.29) is 11.6 Å². The number of aryl methyl sites for hydroxylation is 1. The maximum absolute atomic E-state index is 11.7. The standard InChI is InChI=1S/C9H11N5O/c1-4-6-12-8(10)13-9(15)14(6)7(11-4)5-2-3-5/h5H,2-3H2,1H3,(H3,10,12,13,15). The van der Waals surface area contributed by atoms with Crippen molar-refractivity contribution >= 4 is 11.6 Å². The number of aromatic amines is 1. The molecule has 1 saturated carbocycles. The van der Waals surface area contributed by atoms with E-state index in [0.717, 1.165) is 24.4 Å². The van der Waals surface area contributed by atoms with Crippen LogP contribution in [0.5, 0.6) is 0 Å². The fraction of sp³-hybridized carbons (Fsp3) is 0.444. The zero-order valence-corrected chi connectivity index (χ0v) is 8.32. The van der Waals surface area contributed by atoms with Crippen molar-refractivity contribution in [2.45, 2.75) is 25.7 Å². The quantitative estimate of drug-likeness (QED) is 0.695. The highest BCUT2D eigenvalue weighted by Gasteiger charge is 2.30. The molecular weight excluding hydrogens is 194 g/mol. The van der Waals surface area contributed by atoms with Crippen molar-refractivity contribution in [2.24, 2.45) is 0 Å². The summed E-state index contributed by atoms with van der Waals surface area (Å²) >= 11 is 0. The summed E-state index contributed by atoms with van der Waals surface area (Å²) in [5, 5.41) is 0. The fourth-order valence-corrected chi connectivity index (χ4v) is 1.80. The van der Waals surface area contributed by atoms with Gasteiger partial charge in [-0.25, -0.2) is 14.2 Å². The molecule has 0 spiro atoms. The molecule has 0 aliphatic heterocycles. The molecule has 2 aromatic rings. The van der Waals surface area contributed by atoms with Gasteiger partial charge in [-0.1, -0.05) is 0 Å². The maximum atomic E-state index is 11.7. The van der Waals surface area contributed by atoms with Crippen LogP contribution in [0.1, 0.15) is 30.3 Å². The number of nitrogens with two attached hydrogens (primary N) is 1. The average Bonchev–Trinajstić information content (AvgIpc) is 2.93. The second kappa shape index (κ2) is 2.59. The SMILES string of the molecule is Cc1nc(C2CC2)n2c(=O)[nH]c(N)nc12. The Morgan fingerprint density at radius 1 is 1.47 bits per heavy atom. The zero-order chi connectivity index (χ0) is 10.6. The molecule has 0 atom stereocenters. The Morgan fingerprint density at radius 2 is 2.20 bits per heavy atom. The third kappa shape index (κ3) is 1.14. The van der Waals surface area contributed by atoms with Crippen LogP contribution >= 0.6 is 0 Å². The van der Waals surface area contributed by atoms with Gasteiger partial charge in [0.15, 0.2) is 5.65 Å². The number of nitrogens with zero attached hydrogens (tertiary/aromatic N) is 3. The van der Waals surface area contributed by atoms with E-state index in [1.54, 1.807) is 0 Å². The molecule has 3 N–H and O–H groups in total. The molecule has 15 heavy (non-hydrogen) atoms. The first kappa shape index (κ1) is 8.46. The number of hydrogen-bond acceptors (Lipinski definition) is 4. The lowest BCUT2D eigenvalue weighted by Gasteiger charge is -1.97. The molecule has 0 amide bonds. The summed E-state index contributed by atoms with van der Waals surface area (Å²) in [4.78, 5) is 22.7. The summed E-state index contributed by atoms with van der Waals surface area (Å²) < 4.78 is 1.53. The third-order valence-corrected chi connectivity index (χ3v) is 2.65. The molecule has 0 bridgehead atoms. The van der Waals surface area contributed by atoms with Gasteiger partial charge in [-0.3, -0.25) is 4.98 Å². The molecule has 0 unspecified atom stereocenters. The van der Waals surface area contributed by atoms with Gasteiger partial charge in [0.25, 0.3) is 0 Å².